The molecule has 0 fully saturated rings. The first-order valence-electron chi connectivity index (χ1n) is 7.93. The van der Waals surface area contributed by atoms with Crippen LogP contribution in [-0.2, 0) is 16.1 Å². The maximum absolute atomic E-state index is 12.7. The van der Waals surface area contributed by atoms with Crippen molar-refractivity contribution in [2.24, 2.45) is 0 Å². The molecule has 1 aromatic carbocycles. The van der Waals surface area contributed by atoms with Crippen LogP contribution in [0.15, 0.2) is 36.8 Å². The molecule has 0 aliphatic carbocycles. The number of aromatic nitrogens is 2. The van der Waals surface area contributed by atoms with E-state index in [0.717, 1.165) is 0 Å². The number of hydrogen-bond acceptors (Lipinski definition) is 6. The summed E-state index contributed by atoms with van der Waals surface area (Å²) in [5.41, 5.74) is 0.592. The summed E-state index contributed by atoms with van der Waals surface area (Å²) in [4.78, 5) is 39.9. The number of para-hydroxylation sites is 2. The first kappa shape index (κ1) is 17.4. The molecule has 0 unspecified atom stereocenters. The number of nitrogens with zero attached hydrogens (tertiary/aromatic N) is 4. The lowest BCUT2D eigenvalue weighted by atomic mass is 10.1. The van der Waals surface area contributed by atoms with Gasteiger partial charge in [-0.3, -0.25) is 9.59 Å². The van der Waals surface area contributed by atoms with Crippen LogP contribution in [0.3, 0.4) is 0 Å². The third kappa shape index (κ3) is 3.48. The number of carbonyl (C=O) groups is 2. The number of benzene rings is 1. The molecule has 0 saturated carbocycles. The second-order valence-corrected chi connectivity index (χ2v) is 5.67. The van der Waals surface area contributed by atoms with Gasteiger partial charge in [-0.05, 0) is 22.0 Å². The molecule has 10 heteroatoms. The number of nitrogens with one attached hydrogen (secondary N) is 1. The van der Waals surface area contributed by atoms with Crippen molar-refractivity contribution in [1.82, 2.24) is 14.9 Å². The second kappa shape index (κ2) is 7.21. The molecule has 0 spiro atoms. The van der Waals surface area contributed by atoms with Crippen molar-refractivity contribution < 1.29 is 19.2 Å². The predicted molar refractivity (Wildman–Crippen MR) is 90.8 cm³/mol. The molecule has 0 radical (unpaired) electrons. The molecule has 1 aliphatic rings. The fourth-order valence-corrected chi connectivity index (χ4v) is 2.69. The van der Waals surface area contributed by atoms with Crippen molar-refractivity contribution in [3.8, 4) is 5.75 Å². The Morgan fingerprint density at radius 3 is 2.88 bits per heavy atom. The molecule has 2 amide bonds. The van der Waals surface area contributed by atoms with Gasteiger partial charge in [-0.2, -0.15) is 0 Å². The fraction of sp³-hybridized carbons (Fsp3) is 0.312. The monoisotopic (exact) mass is 359 g/mol. The zero-order valence-corrected chi connectivity index (χ0v) is 14.0. The Morgan fingerprint density at radius 1 is 1.42 bits per heavy atom. The molecule has 1 atom stereocenters. The highest BCUT2D eigenvalue weighted by Gasteiger charge is 2.33. The highest BCUT2D eigenvalue weighted by molar-refractivity contribution is 5.97. The van der Waals surface area contributed by atoms with Crippen molar-refractivity contribution in [2.75, 3.05) is 18.5 Å². The van der Waals surface area contributed by atoms with Gasteiger partial charge >= 0.3 is 5.82 Å². The minimum atomic E-state index is -0.798. The normalized spacial score (nSPS) is 15.7. The van der Waals surface area contributed by atoms with Crippen molar-refractivity contribution in [1.29, 1.82) is 0 Å². The summed E-state index contributed by atoms with van der Waals surface area (Å²) in [7, 11) is 1.50. The molecule has 0 bridgehead atoms. The van der Waals surface area contributed by atoms with Gasteiger partial charge in [0.2, 0.25) is 12.2 Å². The van der Waals surface area contributed by atoms with E-state index < -0.39 is 11.0 Å². The summed E-state index contributed by atoms with van der Waals surface area (Å²) in [6, 6.07) is 6.99. The van der Waals surface area contributed by atoms with Gasteiger partial charge < -0.3 is 29.6 Å². The molecule has 1 aromatic heterocycles. The Morgan fingerprint density at radius 2 is 2.19 bits per heavy atom. The Bertz CT molecular complexity index is 849. The van der Waals surface area contributed by atoms with Gasteiger partial charge in [-0.15, -0.1) is 0 Å². The number of imidazole rings is 1. The second-order valence-electron chi connectivity index (χ2n) is 5.67. The summed E-state index contributed by atoms with van der Waals surface area (Å²) < 4.78 is 7.15. The Hall–Kier alpha value is -3.43. The lowest BCUT2D eigenvalue weighted by molar-refractivity contribution is -0.389. The van der Waals surface area contributed by atoms with Crippen molar-refractivity contribution in [3.63, 3.8) is 0 Å². The lowest BCUT2D eigenvalue weighted by Crippen LogP contribution is -2.50. The Kier molecular flexibility index (Phi) is 4.83. The van der Waals surface area contributed by atoms with Crippen molar-refractivity contribution in [2.45, 2.75) is 19.1 Å². The molecular weight excluding hydrogens is 342 g/mol. The van der Waals surface area contributed by atoms with E-state index in [1.54, 1.807) is 24.3 Å². The molecule has 136 valence electrons. The van der Waals surface area contributed by atoms with Gasteiger partial charge in [0, 0.05) is 20.0 Å². The number of nitro groups is 1. The number of ether oxygens (including phenoxy) is 1. The first-order chi connectivity index (χ1) is 12.5. The number of likely N-dealkylation sites (N-methyl/N-ethyl adjacent to an activating group) is 1. The van der Waals surface area contributed by atoms with Crippen molar-refractivity contribution in [3.05, 3.63) is 46.9 Å². The van der Waals surface area contributed by atoms with E-state index in [1.165, 1.54) is 29.0 Å². The summed E-state index contributed by atoms with van der Waals surface area (Å²) in [6.45, 7) is 0.337. The molecule has 10 nitrogen and oxygen atoms in total. The Balaban J connectivity index is 1.74. The number of amides is 2. The van der Waals surface area contributed by atoms with E-state index in [2.05, 4.69) is 10.3 Å². The molecule has 1 N–H and O–H groups in total. The molecular formula is C16H17N5O5. The molecule has 2 heterocycles. The average Bonchev–Trinajstić information content (AvgIpc) is 3.14. The maximum atomic E-state index is 12.7. The average molecular weight is 359 g/mol. The van der Waals surface area contributed by atoms with Crippen LogP contribution in [0.4, 0.5) is 11.5 Å². The largest absolute Gasteiger partial charge is 0.477 e. The van der Waals surface area contributed by atoms with E-state index >= 15 is 0 Å². The quantitative estimate of drug-likeness (QED) is 0.620. The van der Waals surface area contributed by atoms with Gasteiger partial charge in [-0.25, -0.2) is 0 Å². The van der Waals surface area contributed by atoms with Crippen LogP contribution >= 0.6 is 0 Å². The van der Waals surface area contributed by atoms with E-state index in [1.807, 2.05) is 0 Å². The highest BCUT2D eigenvalue weighted by Crippen LogP contribution is 2.33. The Labute approximate surface area is 148 Å². The fourth-order valence-electron chi connectivity index (χ4n) is 2.69. The number of rotatable bonds is 5. The number of hydrogen-bond donors (Lipinski definition) is 1. The van der Waals surface area contributed by atoms with E-state index in [4.69, 9.17) is 4.74 Å². The van der Waals surface area contributed by atoms with Crippen LogP contribution in [0.2, 0.25) is 0 Å². The van der Waals surface area contributed by atoms with Gasteiger partial charge in [0.05, 0.1) is 12.2 Å². The van der Waals surface area contributed by atoms with Crippen LogP contribution in [-0.4, -0.2) is 46.0 Å². The summed E-state index contributed by atoms with van der Waals surface area (Å²) >= 11 is 0. The topological polar surface area (TPSA) is 120 Å². The third-order valence-electron chi connectivity index (χ3n) is 4.00. The molecule has 3 rings (SSSR count). The lowest BCUT2D eigenvalue weighted by Gasteiger charge is -2.34. The summed E-state index contributed by atoms with van der Waals surface area (Å²) in [5, 5.41) is 13.2. The van der Waals surface area contributed by atoms with Gasteiger partial charge in [-0.1, -0.05) is 12.1 Å². The molecule has 2 aromatic rings. The van der Waals surface area contributed by atoms with Crippen molar-refractivity contribution >= 4 is 23.3 Å². The zero-order valence-electron chi connectivity index (χ0n) is 14.0. The standard InChI is InChI=1S/C16H17N5O5/c1-17-16(23)13-8-20(11-4-2-3-5-12(11)26-13)15(22)6-7-19-9-14(18-10-19)21(24)25/h2-5,9-10,13H,6-8H2,1H3,(H,17,23)/t13-/m1/s1. The van der Waals surface area contributed by atoms with E-state index in [0.29, 0.717) is 11.4 Å². The maximum Gasteiger partial charge on any atom is 0.381 e. The van der Waals surface area contributed by atoms with E-state index in [-0.39, 0.29) is 37.1 Å². The molecule has 1 aliphatic heterocycles. The van der Waals surface area contributed by atoms with Gasteiger partial charge in [0.15, 0.2) is 6.10 Å². The van der Waals surface area contributed by atoms with E-state index in [9.17, 15) is 19.7 Å². The minimum Gasteiger partial charge on any atom is -0.477 e. The highest BCUT2D eigenvalue weighted by atomic mass is 16.6. The number of carbonyl (C=O) groups excluding carboxylic acids is 2. The summed E-state index contributed by atoms with van der Waals surface area (Å²) in [6.07, 6.45) is 1.88. The smallest absolute Gasteiger partial charge is 0.381 e. The summed E-state index contributed by atoms with van der Waals surface area (Å²) in [5.74, 6) is -0.346. The van der Waals surface area contributed by atoms with Gasteiger partial charge in [0.1, 0.15) is 11.9 Å². The van der Waals surface area contributed by atoms with Gasteiger partial charge in [0.25, 0.3) is 5.91 Å². The van der Waals surface area contributed by atoms with Crippen LogP contribution in [0, 0.1) is 10.1 Å². The number of aryl methyl sites for hydroxylation is 1. The van der Waals surface area contributed by atoms with Crippen LogP contribution in [0.25, 0.3) is 0 Å². The number of fused-ring (bicyclic) bond motifs is 1. The molecule has 26 heavy (non-hydrogen) atoms. The zero-order chi connectivity index (χ0) is 18.7. The first-order valence-corrected chi connectivity index (χ1v) is 7.93. The number of anilines is 1. The molecule has 0 saturated heterocycles. The van der Waals surface area contributed by atoms with Crippen LogP contribution in [0.5, 0.6) is 5.75 Å². The minimum absolute atomic E-state index is 0.0968. The van der Waals surface area contributed by atoms with Crippen LogP contribution in [0.1, 0.15) is 6.42 Å². The predicted octanol–water partition coefficient (Wildman–Crippen LogP) is 0.722. The van der Waals surface area contributed by atoms with Crippen LogP contribution < -0.4 is 15.0 Å². The SMILES string of the molecule is CNC(=O)[C@H]1CN(C(=O)CCn2cnc([N+](=O)[O-])c2)c2ccccc2O1. The third-order valence-corrected chi connectivity index (χ3v) is 4.00.